The summed E-state index contributed by atoms with van der Waals surface area (Å²) in [7, 11) is -2.19. The average molecular weight is 421 g/mol. The molecule has 0 bridgehead atoms. The molecule has 0 spiro atoms. The average Bonchev–Trinajstić information content (AvgIpc) is 2.52. The molecular formula is C18H19Cl2FO4S. The largest absolute Gasteiger partial charge is 0.496 e. The molecular weight excluding hydrogens is 402 g/mol. The molecule has 0 saturated carbocycles. The van der Waals surface area contributed by atoms with Gasteiger partial charge in [0.15, 0.2) is 0 Å². The summed E-state index contributed by atoms with van der Waals surface area (Å²) in [6.07, 6.45) is 0.914. The Balaban J connectivity index is 2.57. The Morgan fingerprint density at radius 3 is 2.31 bits per heavy atom. The van der Waals surface area contributed by atoms with E-state index in [-0.39, 0.29) is 6.42 Å². The van der Waals surface area contributed by atoms with Crippen molar-refractivity contribution in [1.82, 2.24) is 0 Å². The maximum absolute atomic E-state index is 14.3. The smallest absolute Gasteiger partial charge is 0.264 e. The minimum atomic E-state index is -3.64. The maximum atomic E-state index is 14.3. The van der Waals surface area contributed by atoms with Gasteiger partial charge in [0, 0.05) is 23.1 Å². The summed E-state index contributed by atoms with van der Waals surface area (Å²) in [6, 6.07) is 7.56. The molecule has 142 valence electrons. The lowest BCUT2D eigenvalue weighted by molar-refractivity contribution is 0.205. The molecule has 0 aliphatic carbocycles. The van der Waals surface area contributed by atoms with Crippen molar-refractivity contribution in [1.29, 1.82) is 0 Å². The van der Waals surface area contributed by atoms with Gasteiger partial charge in [-0.2, -0.15) is 8.42 Å². The number of rotatable bonds is 7. The van der Waals surface area contributed by atoms with Crippen LogP contribution in [-0.2, 0) is 20.7 Å². The number of halogens is 3. The molecule has 0 saturated heterocycles. The Hall–Kier alpha value is -1.34. The zero-order chi connectivity index (χ0) is 19.5. The van der Waals surface area contributed by atoms with E-state index in [1.807, 2.05) is 0 Å². The third kappa shape index (κ3) is 5.10. The van der Waals surface area contributed by atoms with Gasteiger partial charge in [-0.3, -0.25) is 4.18 Å². The van der Waals surface area contributed by atoms with Gasteiger partial charge < -0.3 is 4.74 Å². The van der Waals surface area contributed by atoms with Crippen LogP contribution >= 0.6 is 23.2 Å². The molecule has 1 atom stereocenters. The highest BCUT2D eigenvalue weighted by atomic mass is 35.5. The van der Waals surface area contributed by atoms with Crippen LogP contribution in [0.25, 0.3) is 11.1 Å². The van der Waals surface area contributed by atoms with Gasteiger partial charge in [0.1, 0.15) is 11.6 Å². The molecule has 4 nitrogen and oxygen atoms in total. The first kappa shape index (κ1) is 21.0. The van der Waals surface area contributed by atoms with Crippen molar-refractivity contribution in [2.75, 3.05) is 13.4 Å². The highest BCUT2D eigenvalue weighted by Crippen LogP contribution is 2.42. The van der Waals surface area contributed by atoms with Crippen LogP contribution in [0.2, 0.25) is 10.0 Å². The van der Waals surface area contributed by atoms with E-state index in [1.165, 1.54) is 19.2 Å². The molecule has 0 heterocycles. The molecule has 0 fully saturated rings. The van der Waals surface area contributed by atoms with Gasteiger partial charge in [-0.25, -0.2) is 4.39 Å². The van der Waals surface area contributed by atoms with E-state index in [9.17, 15) is 12.8 Å². The van der Waals surface area contributed by atoms with E-state index < -0.39 is 22.0 Å². The first-order valence-corrected chi connectivity index (χ1v) is 10.4. The van der Waals surface area contributed by atoms with Crippen molar-refractivity contribution in [3.05, 3.63) is 51.8 Å². The van der Waals surface area contributed by atoms with Gasteiger partial charge in [0.2, 0.25) is 0 Å². The van der Waals surface area contributed by atoms with Gasteiger partial charge in [-0.05, 0) is 30.7 Å². The van der Waals surface area contributed by atoms with Gasteiger partial charge in [0.25, 0.3) is 10.1 Å². The molecule has 0 aliphatic heterocycles. The number of hydrogen-bond acceptors (Lipinski definition) is 4. The topological polar surface area (TPSA) is 52.6 Å². The summed E-state index contributed by atoms with van der Waals surface area (Å²) in [5.74, 6) is -0.141. The predicted octanol–water partition coefficient (Wildman–Crippen LogP) is 5.11. The van der Waals surface area contributed by atoms with Crippen molar-refractivity contribution in [3.8, 4) is 16.9 Å². The number of hydrogen-bond donors (Lipinski definition) is 0. The minimum Gasteiger partial charge on any atom is -0.496 e. The molecule has 0 radical (unpaired) electrons. The summed E-state index contributed by atoms with van der Waals surface area (Å²) >= 11 is 12.5. The third-order valence-corrected chi connectivity index (χ3v) is 5.03. The minimum absolute atomic E-state index is 0.152. The fourth-order valence-electron chi connectivity index (χ4n) is 2.72. The quantitative estimate of drug-likeness (QED) is 0.584. The third-order valence-electron chi connectivity index (χ3n) is 3.78. The Labute approximate surface area is 163 Å². The summed E-state index contributed by atoms with van der Waals surface area (Å²) < 4.78 is 47.7. The Bertz CT molecular complexity index is 880. The van der Waals surface area contributed by atoms with Gasteiger partial charge in [0.05, 0.1) is 29.5 Å². The number of methoxy groups -OCH3 is 1. The second kappa shape index (κ2) is 8.57. The summed E-state index contributed by atoms with van der Waals surface area (Å²) in [5.41, 5.74) is 1.31. The van der Waals surface area contributed by atoms with Crippen LogP contribution in [0.15, 0.2) is 30.3 Å². The SMILES string of the molecule is CC[C@H](Cc1cc(F)cc(-c2c(Cl)cccc2Cl)c1OC)OS(C)(=O)=O. The molecule has 0 unspecified atom stereocenters. The standard InChI is InChI=1S/C18H19Cl2FO4S/c1-4-13(25-26(3,22)23)9-11-8-12(21)10-14(18(11)24-2)17-15(19)6-5-7-16(17)20/h5-8,10,13H,4,9H2,1-3H3/t13-/m1/s1. The predicted molar refractivity (Wildman–Crippen MR) is 102 cm³/mol. The van der Waals surface area contributed by atoms with Gasteiger partial charge >= 0.3 is 0 Å². The molecule has 0 N–H and O–H groups in total. The fourth-order valence-corrected chi connectivity index (χ4v) is 4.02. The van der Waals surface area contributed by atoms with Gasteiger partial charge in [-0.15, -0.1) is 0 Å². The Kier molecular flexibility index (Phi) is 6.91. The summed E-state index contributed by atoms with van der Waals surface area (Å²) in [6.45, 7) is 1.79. The van der Waals surface area contributed by atoms with Crippen LogP contribution in [0, 0.1) is 5.82 Å². The molecule has 2 rings (SSSR count). The molecule has 8 heteroatoms. The van der Waals surface area contributed by atoms with Crippen LogP contribution in [0.5, 0.6) is 5.75 Å². The normalized spacial score (nSPS) is 12.8. The Morgan fingerprint density at radius 1 is 1.19 bits per heavy atom. The van der Waals surface area contributed by atoms with Crippen LogP contribution in [0.4, 0.5) is 4.39 Å². The first-order valence-electron chi connectivity index (χ1n) is 7.85. The van der Waals surface area contributed by atoms with Crippen LogP contribution < -0.4 is 4.74 Å². The molecule has 0 aliphatic rings. The molecule has 0 amide bonds. The van der Waals surface area contributed by atoms with E-state index in [0.717, 1.165) is 6.26 Å². The number of ether oxygens (including phenoxy) is 1. The van der Waals surface area contributed by atoms with Crippen molar-refractivity contribution < 1.29 is 21.7 Å². The zero-order valence-corrected chi connectivity index (χ0v) is 16.9. The van der Waals surface area contributed by atoms with Crippen LogP contribution in [0.3, 0.4) is 0 Å². The summed E-state index contributed by atoms with van der Waals surface area (Å²) in [4.78, 5) is 0. The number of benzene rings is 2. The molecule has 26 heavy (non-hydrogen) atoms. The molecule has 2 aromatic rings. The molecule has 2 aromatic carbocycles. The fraction of sp³-hybridized carbons (Fsp3) is 0.333. The molecule has 0 aromatic heterocycles. The Morgan fingerprint density at radius 2 is 1.81 bits per heavy atom. The second-order valence-corrected chi connectivity index (χ2v) is 8.19. The highest BCUT2D eigenvalue weighted by molar-refractivity contribution is 7.86. The van der Waals surface area contributed by atoms with Gasteiger partial charge in [-0.1, -0.05) is 36.2 Å². The monoisotopic (exact) mass is 420 g/mol. The van der Waals surface area contributed by atoms with Crippen molar-refractivity contribution in [2.24, 2.45) is 0 Å². The second-order valence-electron chi connectivity index (χ2n) is 5.78. The lowest BCUT2D eigenvalue weighted by Gasteiger charge is -2.19. The first-order chi connectivity index (χ1) is 12.2. The van der Waals surface area contributed by atoms with Crippen molar-refractivity contribution >= 4 is 33.3 Å². The van der Waals surface area contributed by atoms with E-state index in [2.05, 4.69) is 0 Å². The van der Waals surface area contributed by atoms with Crippen LogP contribution in [0.1, 0.15) is 18.9 Å². The highest BCUT2D eigenvalue weighted by Gasteiger charge is 2.22. The zero-order valence-electron chi connectivity index (χ0n) is 14.6. The van der Waals surface area contributed by atoms with E-state index >= 15 is 0 Å². The lowest BCUT2D eigenvalue weighted by atomic mass is 9.97. The van der Waals surface area contributed by atoms with Crippen molar-refractivity contribution in [3.63, 3.8) is 0 Å². The van der Waals surface area contributed by atoms with E-state index in [0.29, 0.717) is 38.9 Å². The van der Waals surface area contributed by atoms with E-state index in [1.54, 1.807) is 25.1 Å². The van der Waals surface area contributed by atoms with E-state index in [4.69, 9.17) is 32.1 Å². The van der Waals surface area contributed by atoms with Crippen LogP contribution in [-0.4, -0.2) is 27.9 Å². The maximum Gasteiger partial charge on any atom is 0.264 e. The van der Waals surface area contributed by atoms with Crippen molar-refractivity contribution in [2.45, 2.75) is 25.9 Å². The summed E-state index contributed by atoms with van der Waals surface area (Å²) in [5, 5.41) is 0.707. The lowest BCUT2D eigenvalue weighted by Crippen LogP contribution is -2.19.